The number of hydrogen-bond acceptors (Lipinski definition) is 7. The van der Waals surface area contributed by atoms with Gasteiger partial charge in [0.1, 0.15) is 23.3 Å². The summed E-state index contributed by atoms with van der Waals surface area (Å²) in [6.07, 6.45) is 1.42. The fraction of sp³-hybridized carbons (Fsp3) is 0.263. The highest BCUT2D eigenvalue weighted by atomic mass is 16.5. The van der Waals surface area contributed by atoms with E-state index in [0.717, 1.165) is 0 Å². The third-order valence-electron chi connectivity index (χ3n) is 4.20. The van der Waals surface area contributed by atoms with E-state index in [2.05, 4.69) is 4.98 Å². The first-order valence-electron chi connectivity index (χ1n) is 8.02. The monoisotopic (exact) mass is 372 g/mol. The van der Waals surface area contributed by atoms with E-state index in [1.807, 2.05) is 0 Å². The largest absolute Gasteiger partial charge is 0.497 e. The van der Waals surface area contributed by atoms with Crippen LogP contribution in [-0.2, 0) is 0 Å². The minimum absolute atomic E-state index is 0.303. The number of aromatic nitrogens is 2. The van der Waals surface area contributed by atoms with Crippen LogP contribution in [0.5, 0.6) is 28.7 Å². The minimum atomic E-state index is -0.303. The standard InChI is InChI=1S/C19H20N2O6/c1-23-11-6-7-13(14(8-11)24-2)21-10-20-16-12(19(21)22)9-15(25-3)17(26-4)18(16)27-5/h6-10H,1-5H3. The van der Waals surface area contributed by atoms with Gasteiger partial charge in [0.15, 0.2) is 11.5 Å². The first-order chi connectivity index (χ1) is 13.1. The summed E-state index contributed by atoms with van der Waals surface area (Å²) >= 11 is 0. The maximum atomic E-state index is 13.2. The van der Waals surface area contributed by atoms with E-state index in [0.29, 0.717) is 45.3 Å². The molecule has 0 saturated heterocycles. The Labute approximate surface area is 155 Å². The lowest BCUT2D eigenvalue weighted by atomic mass is 10.2. The zero-order valence-electron chi connectivity index (χ0n) is 15.7. The van der Waals surface area contributed by atoms with Crippen molar-refractivity contribution in [3.05, 3.63) is 40.9 Å². The van der Waals surface area contributed by atoms with Crippen molar-refractivity contribution in [1.29, 1.82) is 0 Å². The fourth-order valence-corrected chi connectivity index (χ4v) is 2.89. The zero-order chi connectivity index (χ0) is 19.6. The molecule has 3 aromatic rings. The molecule has 1 heterocycles. The quantitative estimate of drug-likeness (QED) is 0.657. The predicted octanol–water partition coefficient (Wildman–Crippen LogP) is 2.43. The summed E-state index contributed by atoms with van der Waals surface area (Å²) in [5, 5.41) is 0.324. The molecule has 0 saturated carbocycles. The molecule has 2 aromatic carbocycles. The molecular formula is C19H20N2O6. The van der Waals surface area contributed by atoms with Crippen LogP contribution < -0.4 is 29.2 Å². The third kappa shape index (κ3) is 2.99. The first-order valence-corrected chi connectivity index (χ1v) is 8.02. The van der Waals surface area contributed by atoms with Crippen LogP contribution in [0.2, 0.25) is 0 Å². The van der Waals surface area contributed by atoms with Gasteiger partial charge in [-0.15, -0.1) is 0 Å². The first kappa shape index (κ1) is 18.4. The molecule has 0 unspecified atom stereocenters. The number of ether oxygens (including phenoxy) is 5. The van der Waals surface area contributed by atoms with Crippen molar-refractivity contribution in [3.63, 3.8) is 0 Å². The predicted molar refractivity (Wildman–Crippen MR) is 100 cm³/mol. The van der Waals surface area contributed by atoms with Crippen LogP contribution >= 0.6 is 0 Å². The Kier molecular flexibility index (Phi) is 5.07. The molecule has 0 amide bonds. The van der Waals surface area contributed by atoms with Crippen molar-refractivity contribution in [2.75, 3.05) is 35.5 Å². The highest BCUT2D eigenvalue weighted by Gasteiger charge is 2.20. The van der Waals surface area contributed by atoms with E-state index in [9.17, 15) is 4.79 Å². The van der Waals surface area contributed by atoms with Gasteiger partial charge in [0.25, 0.3) is 5.56 Å². The second-order valence-corrected chi connectivity index (χ2v) is 5.50. The van der Waals surface area contributed by atoms with Crippen LogP contribution in [-0.4, -0.2) is 45.1 Å². The molecule has 0 aliphatic rings. The van der Waals surface area contributed by atoms with Crippen molar-refractivity contribution in [1.82, 2.24) is 9.55 Å². The molecule has 3 rings (SSSR count). The molecular weight excluding hydrogens is 352 g/mol. The molecule has 8 heteroatoms. The topological polar surface area (TPSA) is 81.0 Å². The van der Waals surface area contributed by atoms with E-state index in [1.165, 1.54) is 39.3 Å². The van der Waals surface area contributed by atoms with Crippen LogP contribution in [0.1, 0.15) is 0 Å². The number of hydrogen-bond donors (Lipinski definition) is 0. The summed E-state index contributed by atoms with van der Waals surface area (Å²) in [5.74, 6) is 2.17. The lowest BCUT2D eigenvalue weighted by Crippen LogP contribution is -2.20. The Bertz CT molecular complexity index is 1040. The summed E-state index contributed by atoms with van der Waals surface area (Å²) < 4.78 is 28.1. The highest BCUT2D eigenvalue weighted by molar-refractivity contribution is 5.89. The van der Waals surface area contributed by atoms with Gasteiger partial charge in [0, 0.05) is 6.07 Å². The molecule has 142 valence electrons. The second-order valence-electron chi connectivity index (χ2n) is 5.50. The summed E-state index contributed by atoms with van der Waals surface area (Å²) in [6, 6.07) is 6.74. The van der Waals surface area contributed by atoms with Crippen LogP contribution in [0.15, 0.2) is 35.4 Å². The highest BCUT2D eigenvalue weighted by Crippen LogP contribution is 2.41. The summed E-state index contributed by atoms with van der Waals surface area (Å²) in [4.78, 5) is 17.6. The second kappa shape index (κ2) is 7.45. The summed E-state index contributed by atoms with van der Waals surface area (Å²) in [7, 11) is 7.55. The number of fused-ring (bicyclic) bond motifs is 1. The van der Waals surface area contributed by atoms with Gasteiger partial charge < -0.3 is 23.7 Å². The lowest BCUT2D eigenvalue weighted by Gasteiger charge is -2.16. The molecule has 0 N–H and O–H groups in total. The van der Waals surface area contributed by atoms with Crippen LogP contribution in [0.25, 0.3) is 16.6 Å². The van der Waals surface area contributed by atoms with E-state index in [1.54, 1.807) is 31.4 Å². The Morgan fingerprint density at radius 2 is 1.52 bits per heavy atom. The van der Waals surface area contributed by atoms with Crippen molar-refractivity contribution >= 4 is 10.9 Å². The summed E-state index contributed by atoms with van der Waals surface area (Å²) in [6.45, 7) is 0. The van der Waals surface area contributed by atoms with E-state index < -0.39 is 0 Å². The van der Waals surface area contributed by atoms with Gasteiger partial charge in [0.05, 0.1) is 46.6 Å². The van der Waals surface area contributed by atoms with Crippen molar-refractivity contribution in [3.8, 4) is 34.4 Å². The molecule has 8 nitrogen and oxygen atoms in total. The van der Waals surface area contributed by atoms with Gasteiger partial charge in [-0.25, -0.2) is 4.98 Å². The van der Waals surface area contributed by atoms with Gasteiger partial charge in [-0.1, -0.05) is 0 Å². The fourth-order valence-electron chi connectivity index (χ4n) is 2.89. The number of nitrogens with zero attached hydrogens (tertiary/aromatic N) is 2. The van der Waals surface area contributed by atoms with E-state index >= 15 is 0 Å². The molecule has 0 aliphatic carbocycles. The van der Waals surface area contributed by atoms with Gasteiger partial charge in [0.2, 0.25) is 5.75 Å². The lowest BCUT2D eigenvalue weighted by molar-refractivity contribution is 0.326. The molecule has 0 radical (unpaired) electrons. The van der Waals surface area contributed by atoms with Gasteiger partial charge >= 0.3 is 0 Å². The average Bonchev–Trinajstić information content (AvgIpc) is 2.72. The zero-order valence-corrected chi connectivity index (χ0v) is 15.7. The smallest absolute Gasteiger partial charge is 0.266 e. The molecule has 1 aromatic heterocycles. The molecule has 0 atom stereocenters. The molecule has 0 spiro atoms. The van der Waals surface area contributed by atoms with Crippen molar-refractivity contribution in [2.24, 2.45) is 0 Å². The molecule has 0 bridgehead atoms. The van der Waals surface area contributed by atoms with Crippen LogP contribution in [0, 0.1) is 0 Å². The van der Waals surface area contributed by atoms with Crippen LogP contribution in [0.3, 0.4) is 0 Å². The maximum Gasteiger partial charge on any atom is 0.266 e. The minimum Gasteiger partial charge on any atom is -0.497 e. The third-order valence-corrected chi connectivity index (χ3v) is 4.20. The average molecular weight is 372 g/mol. The van der Waals surface area contributed by atoms with Crippen molar-refractivity contribution in [2.45, 2.75) is 0 Å². The molecule has 0 fully saturated rings. The maximum absolute atomic E-state index is 13.2. The Morgan fingerprint density at radius 3 is 2.11 bits per heavy atom. The molecule has 27 heavy (non-hydrogen) atoms. The SMILES string of the molecule is COc1ccc(-n2cnc3c(OC)c(OC)c(OC)cc3c2=O)c(OC)c1. The van der Waals surface area contributed by atoms with Gasteiger partial charge in [-0.2, -0.15) is 0 Å². The van der Waals surface area contributed by atoms with Crippen molar-refractivity contribution < 1.29 is 23.7 Å². The number of methoxy groups -OCH3 is 5. The van der Waals surface area contributed by atoms with Crippen LogP contribution in [0.4, 0.5) is 0 Å². The number of rotatable bonds is 6. The Balaban J connectivity index is 2.32. The van der Waals surface area contributed by atoms with E-state index in [-0.39, 0.29) is 5.56 Å². The van der Waals surface area contributed by atoms with E-state index in [4.69, 9.17) is 23.7 Å². The Hall–Kier alpha value is -3.42. The Morgan fingerprint density at radius 1 is 0.815 bits per heavy atom. The summed E-state index contributed by atoms with van der Waals surface area (Å²) in [5.41, 5.74) is 0.609. The normalized spacial score (nSPS) is 10.6. The van der Waals surface area contributed by atoms with Gasteiger partial charge in [-0.05, 0) is 18.2 Å². The molecule has 0 aliphatic heterocycles. The van der Waals surface area contributed by atoms with Gasteiger partial charge in [-0.3, -0.25) is 9.36 Å². The number of benzene rings is 2.